The van der Waals surface area contributed by atoms with E-state index in [2.05, 4.69) is 20.8 Å². The topological polar surface area (TPSA) is 34.1 Å². The Bertz CT molecular complexity index is 686. The lowest BCUT2D eigenvalue weighted by molar-refractivity contribution is 0.505. The van der Waals surface area contributed by atoms with Crippen LogP contribution in [-0.4, -0.2) is 8.42 Å². The molecular weight excluding hydrogens is 268 g/mol. The van der Waals surface area contributed by atoms with Crippen molar-refractivity contribution in [1.82, 2.24) is 0 Å². The maximum absolute atomic E-state index is 12.6. The van der Waals surface area contributed by atoms with Crippen molar-refractivity contribution in [1.29, 1.82) is 0 Å². The van der Waals surface area contributed by atoms with E-state index in [9.17, 15) is 8.42 Å². The highest BCUT2D eigenvalue weighted by molar-refractivity contribution is 7.91. The molecule has 0 unspecified atom stereocenters. The molecule has 0 aliphatic heterocycles. The molecule has 0 aliphatic carbocycles. The highest BCUT2D eigenvalue weighted by Gasteiger charge is 2.22. The van der Waals surface area contributed by atoms with Gasteiger partial charge in [-0.3, -0.25) is 0 Å². The van der Waals surface area contributed by atoms with Crippen LogP contribution in [0.4, 0.5) is 0 Å². The van der Waals surface area contributed by atoms with Crippen LogP contribution in [0, 0.1) is 0 Å². The van der Waals surface area contributed by atoms with E-state index in [0.29, 0.717) is 9.79 Å². The lowest BCUT2D eigenvalue weighted by Crippen LogP contribution is -2.16. The van der Waals surface area contributed by atoms with Crippen LogP contribution in [0.5, 0.6) is 0 Å². The first-order valence-electron chi connectivity index (χ1n) is 6.78. The Hall–Kier alpha value is -1.61. The first-order valence-corrected chi connectivity index (χ1v) is 8.27. The quantitative estimate of drug-likeness (QED) is 0.844. The van der Waals surface area contributed by atoms with E-state index >= 15 is 0 Å². The summed E-state index contributed by atoms with van der Waals surface area (Å²) in [6.07, 6.45) is 0.960. The predicted octanol–water partition coefficient (Wildman–Crippen LogP) is 4.21. The van der Waals surface area contributed by atoms with Crippen LogP contribution in [-0.2, 0) is 15.3 Å². The third kappa shape index (κ3) is 2.78. The molecule has 2 aromatic carbocycles. The molecule has 2 aromatic rings. The van der Waals surface area contributed by atoms with E-state index in [4.69, 9.17) is 0 Å². The molecule has 0 amide bonds. The monoisotopic (exact) mass is 288 g/mol. The van der Waals surface area contributed by atoms with E-state index in [1.807, 2.05) is 18.2 Å². The van der Waals surface area contributed by atoms with Crippen molar-refractivity contribution in [3.05, 3.63) is 60.2 Å². The molecule has 2 rings (SSSR count). The molecule has 0 aromatic heterocycles. The minimum absolute atomic E-state index is 0.0256. The fourth-order valence-corrected chi connectivity index (χ4v) is 3.35. The number of hydrogen-bond acceptors (Lipinski definition) is 2. The normalized spacial score (nSPS) is 12.3. The van der Waals surface area contributed by atoms with Crippen molar-refractivity contribution in [2.24, 2.45) is 0 Å². The molecule has 0 heterocycles. The predicted molar refractivity (Wildman–Crippen MR) is 81.7 cm³/mol. The highest BCUT2D eigenvalue weighted by Crippen LogP contribution is 2.30. The molecule has 0 N–H and O–H groups in total. The van der Waals surface area contributed by atoms with Crippen molar-refractivity contribution >= 4 is 9.84 Å². The minimum atomic E-state index is -3.43. The number of benzene rings is 2. The molecule has 0 spiro atoms. The summed E-state index contributed by atoms with van der Waals surface area (Å²) in [6, 6.07) is 15.8. The molecule has 0 radical (unpaired) electrons. The minimum Gasteiger partial charge on any atom is -0.219 e. The van der Waals surface area contributed by atoms with E-state index < -0.39 is 9.84 Å². The molecule has 106 valence electrons. The summed E-state index contributed by atoms with van der Waals surface area (Å²) in [5, 5.41) is 0. The zero-order chi connectivity index (χ0) is 14.8. The van der Waals surface area contributed by atoms with Crippen LogP contribution in [0.15, 0.2) is 64.4 Å². The summed E-state index contributed by atoms with van der Waals surface area (Å²) < 4.78 is 25.2. The van der Waals surface area contributed by atoms with Gasteiger partial charge in [0.2, 0.25) is 9.84 Å². The van der Waals surface area contributed by atoms with Crippen LogP contribution < -0.4 is 0 Å². The van der Waals surface area contributed by atoms with Gasteiger partial charge in [0.15, 0.2) is 0 Å². The van der Waals surface area contributed by atoms with Crippen molar-refractivity contribution in [3.8, 4) is 0 Å². The van der Waals surface area contributed by atoms with Gasteiger partial charge in [-0.2, -0.15) is 0 Å². The van der Waals surface area contributed by atoms with Gasteiger partial charge in [0, 0.05) is 0 Å². The van der Waals surface area contributed by atoms with E-state index in [-0.39, 0.29) is 5.41 Å². The fourth-order valence-electron chi connectivity index (χ4n) is 2.02. The van der Waals surface area contributed by atoms with Gasteiger partial charge in [-0.1, -0.05) is 51.1 Å². The first kappa shape index (κ1) is 14.8. The number of hydrogen-bond donors (Lipinski definition) is 0. The molecular formula is C17H20O2S. The van der Waals surface area contributed by atoms with Crippen LogP contribution in [0.3, 0.4) is 0 Å². The standard InChI is InChI=1S/C17H20O2S/c1-4-17(2,3)14-9-8-12-16(13-14)20(18,19)15-10-6-5-7-11-15/h5-13H,4H2,1-3H3. The second-order valence-corrected chi connectivity index (χ2v) is 7.53. The maximum atomic E-state index is 12.6. The van der Waals surface area contributed by atoms with E-state index in [1.165, 1.54) is 0 Å². The van der Waals surface area contributed by atoms with Gasteiger partial charge in [-0.05, 0) is 41.7 Å². The Labute approximate surface area is 121 Å². The average Bonchev–Trinajstić information content (AvgIpc) is 2.48. The van der Waals surface area contributed by atoms with Crippen molar-refractivity contribution in [2.75, 3.05) is 0 Å². The molecule has 0 fully saturated rings. The van der Waals surface area contributed by atoms with Crippen molar-refractivity contribution in [3.63, 3.8) is 0 Å². The summed E-state index contributed by atoms with van der Waals surface area (Å²) >= 11 is 0. The summed E-state index contributed by atoms with van der Waals surface area (Å²) in [6.45, 7) is 6.36. The van der Waals surface area contributed by atoms with Gasteiger partial charge in [0.05, 0.1) is 9.79 Å². The second-order valence-electron chi connectivity index (χ2n) is 5.58. The smallest absolute Gasteiger partial charge is 0.206 e. The van der Waals surface area contributed by atoms with Crippen LogP contribution in [0.25, 0.3) is 0 Å². The zero-order valence-corrected chi connectivity index (χ0v) is 12.9. The number of rotatable bonds is 4. The molecule has 0 aliphatic rings. The molecule has 0 bridgehead atoms. The molecule has 0 saturated heterocycles. The van der Waals surface area contributed by atoms with Gasteiger partial charge in [-0.25, -0.2) is 8.42 Å². The maximum Gasteiger partial charge on any atom is 0.206 e. The van der Waals surface area contributed by atoms with Crippen LogP contribution >= 0.6 is 0 Å². The third-order valence-corrected chi connectivity index (χ3v) is 5.63. The Morgan fingerprint density at radius 2 is 1.50 bits per heavy atom. The average molecular weight is 288 g/mol. The summed E-state index contributed by atoms with van der Waals surface area (Å²) in [4.78, 5) is 0.703. The van der Waals surface area contributed by atoms with Crippen LogP contribution in [0.1, 0.15) is 32.8 Å². The Balaban J connectivity index is 2.52. The Morgan fingerprint density at radius 1 is 0.900 bits per heavy atom. The highest BCUT2D eigenvalue weighted by atomic mass is 32.2. The van der Waals surface area contributed by atoms with Crippen molar-refractivity contribution < 1.29 is 8.42 Å². The first-order chi connectivity index (χ1) is 9.38. The number of sulfone groups is 1. The molecule has 0 atom stereocenters. The van der Waals surface area contributed by atoms with Gasteiger partial charge in [-0.15, -0.1) is 0 Å². The van der Waals surface area contributed by atoms with Gasteiger partial charge in [0.25, 0.3) is 0 Å². The Morgan fingerprint density at radius 3 is 2.10 bits per heavy atom. The Kier molecular flexibility index (Phi) is 4.00. The largest absolute Gasteiger partial charge is 0.219 e. The summed E-state index contributed by atoms with van der Waals surface area (Å²) in [5.74, 6) is 0. The molecule has 3 heteroatoms. The second kappa shape index (κ2) is 5.41. The SMILES string of the molecule is CCC(C)(C)c1cccc(S(=O)(=O)c2ccccc2)c1. The van der Waals surface area contributed by atoms with Gasteiger partial charge >= 0.3 is 0 Å². The molecule has 0 saturated carbocycles. The zero-order valence-electron chi connectivity index (χ0n) is 12.1. The van der Waals surface area contributed by atoms with Crippen LogP contribution in [0.2, 0.25) is 0 Å². The van der Waals surface area contributed by atoms with Gasteiger partial charge in [0.1, 0.15) is 0 Å². The lowest BCUT2D eigenvalue weighted by atomic mass is 9.82. The lowest BCUT2D eigenvalue weighted by Gasteiger charge is -2.23. The summed E-state index contributed by atoms with van der Waals surface area (Å²) in [5.41, 5.74) is 1.03. The molecule has 2 nitrogen and oxygen atoms in total. The van der Waals surface area contributed by atoms with E-state index in [0.717, 1.165) is 12.0 Å². The third-order valence-electron chi connectivity index (χ3n) is 3.86. The van der Waals surface area contributed by atoms with Crippen molar-refractivity contribution in [2.45, 2.75) is 42.4 Å². The van der Waals surface area contributed by atoms with E-state index in [1.54, 1.807) is 36.4 Å². The fraction of sp³-hybridized carbons (Fsp3) is 0.294. The summed E-state index contributed by atoms with van der Waals surface area (Å²) in [7, 11) is -3.43. The van der Waals surface area contributed by atoms with Gasteiger partial charge < -0.3 is 0 Å². The molecule has 20 heavy (non-hydrogen) atoms.